The molecule has 9 nitrogen and oxygen atoms in total. The second-order valence-electron chi connectivity index (χ2n) is 10.4. The Kier molecular flexibility index (Phi) is 8.08. The third-order valence-electron chi connectivity index (χ3n) is 7.62. The Morgan fingerprint density at radius 3 is 2.52 bits per heavy atom. The fourth-order valence-corrected chi connectivity index (χ4v) is 5.73. The minimum absolute atomic E-state index is 0.0443. The molecule has 1 aliphatic carbocycles. The van der Waals surface area contributed by atoms with Crippen LogP contribution < -0.4 is 5.56 Å². The summed E-state index contributed by atoms with van der Waals surface area (Å²) in [6.07, 6.45) is 4.66. The Morgan fingerprint density at radius 1 is 1.12 bits per heavy atom. The molecule has 2 aromatic carbocycles. The van der Waals surface area contributed by atoms with Crippen LogP contribution in [-0.2, 0) is 22.4 Å². The highest BCUT2D eigenvalue weighted by Crippen LogP contribution is 2.31. The van der Waals surface area contributed by atoms with Crippen LogP contribution in [0.4, 0.5) is 0 Å². The van der Waals surface area contributed by atoms with Crippen molar-refractivity contribution in [2.24, 2.45) is 0 Å². The summed E-state index contributed by atoms with van der Waals surface area (Å²) in [7, 11) is 0. The number of aliphatic carboxylic acids is 1. The van der Waals surface area contributed by atoms with Crippen molar-refractivity contribution in [1.82, 2.24) is 19.2 Å². The molecule has 9 heteroatoms. The predicted octanol–water partition coefficient (Wildman–Crippen LogP) is 4.87. The molecular formula is C31H33N5O4. The SMILES string of the molecule is CCCc1c(Cc2ccc(-c3ccccc3C#N)cc2)c(=O)n([C@H]2CC[C@H](OCC(=O)O)CC2)c2nc(C)nn12. The summed E-state index contributed by atoms with van der Waals surface area (Å²) in [6, 6.07) is 17.7. The molecule has 0 radical (unpaired) electrons. The van der Waals surface area contributed by atoms with Gasteiger partial charge in [0.15, 0.2) is 0 Å². The van der Waals surface area contributed by atoms with Crippen LogP contribution in [0.3, 0.4) is 0 Å². The minimum atomic E-state index is -0.975. The van der Waals surface area contributed by atoms with Gasteiger partial charge in [-0.05, 0) is 61.8 Å². The maximum atomic E-state index is 14.2. The quantitative estimate of drug-likeness (QED) is 0.322. The van der Waals surface area contributed by atoms with Crippen molar-refractivity contribution in [3.8, 4) is 17.2 Å². The van der Waals surface area contributed by atoms with E-state index in [0.29, 0.717) is 61.3 Å². The van der Waals surface area contributed by atoms with Crippen molar-refractivity contribution >= 4 is 11.7 Å². The van der Waals surface area contributed by atoms with Crippen LogP contribution in [-0.4, -0.2) is 43.0 Å². The molecule has 0 bridgehead atoms. The molecule has 4 aromatic rings. The molecule has 0 atom stereocenters. The van der Waals surface area contributed by atoms with Gasteiger partial charge in [-0.25, -0.2) is 9.31 Å². The van der Waals surface area contributed by atoms with Crippen molar-refractivity contribution in [2.75, 3.05) is 6.61 Å². The van der Waals surface area contributed by atoms with Crippen LogP contribution in [0, 0.1) is 18.3 Å². The fourth-order valence-electron chi connectivity index (χ4n) is 5.73. The number of carboxylic acids is 1. The number of rotatable bonds is 9. The Labute approximate surface area is 232 Å². The predicted molar refractivity (Wildman–Crippen MR) is 150 cm³/mol. The first kappa shape index (κ1) is 27.3. The summed E-state index contributed by atoms with van der Waals surface area (Å²) in [5, 5.41) is 23.1. The number of aryl methyl sites for hydroxylation is 2. The third kappa shape index (κ3) is 5.54. The summed E-state index contributed by atoms with van der Waals surface area (Å²) in [4.78, 5) is 29.8. The number of nitriles is 1. The molecule has 1 aliphatic rings. The number of hydrogen-bond donors (Lipinski definition) is 1. The second kappa shape index (κ2) is 11.8. The molecule has 0 aliphatic heterocycles. The van der Waals surface area contributed by atoms with Gasteiger partial charge in [0.05, 0.1) is 23.4 Å². The average Bonchev–Trinajstić information content (AvgIpc) is 3.35. The van der Waals surface area contributed by atoms with E-state index in [-0.39, 0.29) is 24.3 Å². The molecule has 0 saturated heterocycles. The minimum Gasteiger partial charge on any atom is -0.480 e. The molecule has 2 heterocycles. The normalized spacial score (nSPS) is 17.1. The van der Waals surface area contributed by atoms with Gasteiger partial charge in [0, 0.05) is 18.0 Å². The van der Waals surface area contributed by atoms with Crippen LogP contribution in [0.25, 0.3) is 16.9 Å². The number of fused-ring (bicyclic) bond motifs is 1. The number of hydrogen-bond acceptors (Lipinski definition) is 6. The van der Waals surface area contributed by atoms with Gasteiger partial charge >= 0.3 is 5.97 Å². The van der Waals surface area contributed by atoms with Crippen molar-refractivity contribution in [2.45, 2.75) is 70.9 Å². The summed E-state index contributed by atoms with van der Waals surface area (Å²) >= 11 is 0. The first-order valence-corrected chi connectivity index (χ1v) is 13.8. The number of benzene rings is 2. The Hall–Kier alpha value is -4.29. The number of carboxylic acid groups (broad SMARTS) is 1. The van der Waals surface area contributed by atoms with Gasteiger partial charge in [-0.1, -0.05) is 55.8 Å². The van der Waals surface area contributed by atoms with Crippen molar-refractivity contribution in [3.63, 3.8) is 0 Å². The smallest absolute Gasteiger partial charge is 0.329 e. The highest BCUT2D eigenvalue weighted by Gasteiger charge is 2.28. The lowest BCUT2D eigenvalue weighted by atomic mass is 9.92. The average molecular weight is 540 g/mol. The lowest BCUT2D eigenvalue weighted by molar-refractivity contribution is -0.145. The first-order valence-electron chi connectivity index (χ1n) is 13.8. The zero-order valence-corrected chi connectivity index (χ0v) is 22.8. The van der Waals surface area contributed by atoms with Crippen LogP contribution in [0.15, 0.2) is 53.3 Å². The lowest BCUT2D eigenvalue weighted by Crippen LogP contribution is -2.35. The van der Waals surface area contributed by atoms with E-state index in [1.165, 1.54) is 0 Å². The van der Waals surface area contributed by atoms with E-state index in [1.54, 1.807) is 4.57 Å². The number of nitrogens with zero attached hydrogens (tertiary/aromatic N) is 5. The number of ether oxygens (including phenoxy) is 1. The largest absolute Gasteiger partial charge is 0.480 e. The van der Waals surface area contributed by atoms with Crippen LogP contribution in [0.5, 0.6) is 0 Å². The molecule has 0 spiro atoms. The van der Waals surface area contributed by atoms with Gasteiger partial charge in [-0.2, -0.15) is 15.3 Å². The maximum absolute atomic E-state index is 14.2. The molecule has 2 aromatic heterocycles. The van der Waals surface area contributed by atoms with E-state index in [9.17, 15) is 14.9 Å². The molecule has 5 rings (SSSR count). The zero-order valence-electron chi connectivity index (χ0n) is 22.8. The van der Waals surface area contributed by atoms with Gasteiger partial charge in [0.2, 0.25) is 5.78 Å². The summed E-state index contributed by atoms with van der Waals surface area (Å²) < 4.78 is 9.17. The Morgan fingerprint density at radius 2 is 1.85 bits per heavy atom. The molecule has 1 fully saturated rings. The van der Waals surface area contributed by atoms with E-state index < -0.39 is 5.97 Å². The molecule has 40 heavy (non-hydrogen) atoms. The van der Waals surface area contributed by atoms with E-state index in [4.69, 9.17) is 14.9 Å². The Balaban J connectivity index is 1.50. The fraction of sp³-hybridized carbons (Fsp3) is 0.387. The van der Waals surface area contributed by atoms with Gasteiger partial charge in [-0.15, -0.1) is 0 Å². The summed E-state index contributed by atoms with van der Waals surface area (Å²) in [6.45, 7) is 3.62. The van der Waals surface area contributed by atoms with Gasteiger partial charge in [-0.3, -0.25) is 9.36 Å². The molecule has 0 unspecified atom stereocenters. The van der Waals surface area contributed by atoms with E-state index in [0.717, 1.165) is 28.8 Å². The zero-order chi connectivity index (χ0) is 28.2. The monoisotopic (exact) mass is 539 g/mol. The standard InChI is InChI=1S/C31H33N5O4/c1-3-6-28-27(17-21-9-11-22(12-10-21)26-8-5-4-7-23(26)18-32)30(39)35(31-33-20(2)34-36(28)31)24-13-15-25(16-14-24)40-19-29(37)38/h4-5,7-12,24-25H,3,6,13-17,19H2,1-2H3,(H,37,38)/t24-,25-. The van der Waals surface area contributed by atoms with E-state index in [1.807, 2.05) is 60.0 Å². The lowest BCUT2D eigenvalue weighted by Gasteiger charge is -2.30. The molecule has 1 N–H and O–H groups in total. The van der Waals surface area contributed by atoms with Gasteiger partial charge in [0.1, 0.15) is 12.4 Å². The number of carbonyl (C=O) groups is 1. The third-order valence-corrected chi connectivity index (χ3v) is 7.62. The van der Waals surface area contributed by atoms with Crippen molar-refractivity contribution in [3.05, 3.63) is 87.1 Å². The van der Waals surface area contributed by atoms with Crippen molar-refractivity contribution in [1.29, 1.82) is 5.26 Å². The summed E-state index contributed by atoms with van der Waals surface area (Å²) in [5.74, 6) is 0.201. The van der Waals surface area contributed by atoms with E-state index >= 15 is 0 Å². The van der Waals surface area contributed by atoms with Crippen LogP contribution in [0.2, 0.25) is 0 Å². The molecule has 1 saturated carbocycles. The van der Waals surface area contributed by atoms with Crippen LogP contribution in [0.1, 0.15) is 73.3 Å². The first-order chi connectivity index (χ1) is 19.4. The highest BCUT2D eigenvalue weighted by atomic mass is 16.5. The van der Waals surface area contributed by atoms with Crippen molar-refractivity contribution < 1.29 is 14.6 Å². The highest BCUT2D eigenvalue weighted by molar-refractivity contribution is 5.70. The molecular weight excluding hydrogens is 506 g/mol. The second-order valence-corrected chi connectivity index (χ2v) is 10.4. The number of aromatic nitrogens is 4. The summed E-state index contributed by atoms with van der Waals surface area (Å²) in [5.41, 5.74) is 5.02. The van der Waals surface area contributed by atoms with E-state index in [2.05, 4.69) is 18.0 Å². The topological polar surface area (TPSA) is 123 Å². The molecule has 206 valence electrons. The maximum Gasteiger partial charge on any atom is 0.329 e. The van der Waals surface area contributed by atoms with Crippen LogP contribution >= 0.6 is 0 Å². The Bertz CT molecular complexity index is 1620. The van der Waals surface area contributed by atoms with Gasteiger partial charge < -0.3 is 9.84 Å². The molecule has 0 amide bonds. The van der Waals surface area contributed by atoms with Gasteiger partial charge in [0.25, 0.3) is 5.56 Å².